The van der Waals surface area contributed by atoms with E-state index in [0.29, 0.717) is 5.56 Å². The molecule has 1 aliphatic carbocycles. The number of aromatic hydroxyl groups is 1. The van der Waals surface area contributed by atoms with Gasteiger partial charge in [0.25, 0.3) is 5.91 Å². The smallest absolute Gasteiger partial charge is 0.265 e. The van der Waals surface area contributed by atoms with Crippen LogP contribution < -0.4 is 10.9 Å². The minimum absolute atomic E-state index is 0.0631. The first kappa shape index (κ1) is 27.9. The predicted molar refractivity (Wildman–Crippen MR) is 159 cm³/mol. The zero-order valence-corrected chi connectivity index (χ0v) is 23.4. The topological polar surface area (TPSA) is 91.6 Å². The van der Waals surface area contributed by atoms with Crippen LogP contribution in [-0.4, -0.2) is 53.5 Å². The van der Waals surface area contributed by atoms with E-state index in [1.54, 1.807) is 0 Å². The minimum Gasteiger partial charge on any atom is -0.507 e. The van der Waals surface area contributed by atoms with E-state index in [1.165, 1.54) is 34.7 Å². The van der Waals surface area contributed by atoms with Crippen LogP contribution in [0.2, 0.25) is 0 Å². The number of amides is 1. The molecule has 3 aromatic carbocycles. The van der Waals surface area contributed by atoms with Crippen LogP contribution in [0.25, 0.3) is 10.8 Å². The third-order valence-electron chi connectivity index (χ3n) is 7.76. The Morgan fingerprint density at radius 3 is 2.45 bits per heavy atom. The van der Waals surface area contributed by atoms with Crippen molar-refractivity contribution >= 4 is 28.3 Å². The molecule has 1 heterocycles. The van der Waals surface area contributed by atoms with Gasteiger partial charge in [-0.1, -0.05) is 59.6 Å². The molecule has 1 saturated heterocycles. The van der Waals surface area contributed by atoms with E-state index in [9.17, 15) is 9.90 Å². The van der Waals surface area contributed by atoms with Gasteiger partial charge in [-0.05, 0) is 65.9 Å². The van der Waals surface area contributed by atoms with Gasteiger partial charge in [0, 0.05) is 55.9 Å². The molecule has 0 saturated carbocycles. The summed E-state index contributed by atoms with van der Waals surface area (Å²) < 4.78 is 0. The van der Waals surface area contributed by atoms with Gasteiger partial charge in [-0.2, -0.15) is 5.26 Å². The van der Waals surface area contributed by atoms with Gasteiger partial charge >= 0.3 is 0 Å². The van der Waals surface area contributed by atoms with Crippen molar-refractivity contribution in [1.29, 1.82) is 5.26 Å². The molecule has 3 aromatic rings. The zero-order valence-electron chi connectivity index (χ0n) is 22.7. The number of fused-ring (bicyclic) bond motifs is 1. The van der Waals surface area contributed by atoms with Crippen molar-refractivity contribution in [3.8, 4) is 11.8 Å². The summed E-state index contributed by atoms with van der Waals surface area (Å²) in [4.78, 5) is 17.7. The third kappa shape index (κ3) is 6.55. The standard InChI is InChI=1S/C32H34ClN5O2/c1-22(35-36-32(40)24-10-13-31(39)26(18-24)19-34)28-5-3-6-29-25(4-2-7-30(28)29)21-38-16-14-37(15-17-38)20-23-8-11-27(33)12-9-23/h2-8,10-11,13,18,22,35,39H,9,12,14-17,20-21H2,1H3,(H,36,40). The highest BCUT2D eigenvalue weighted by molar-refractivity contribution is 6.29. The Kier molecular flexibility index (Phi) is 8.83. The molecule has 0 radical (unpaired) electrons. The molecule has 0 aromatic heterocycles. The second-order valence-electron chi connectivity index (χ2n) is 10.5. The maximum atomic E-state index is 12.7. The number of phenols is 1. The van der Waals surface area contributed by atoms with E-state index in [1.807, 2.05) is 19.1 Å². The average Bonchev–Trinajstić information content (AvgIpc) is 2.98. The van der Waals surface area contributed by atoms with Gasteiger partial charge in [0.15, 0.2) is 0 Å². The number of allylic oxidation sites excluding steroid dienone is 3. The fourth-order valence-electron chi connectivity index (χ4n) is 5.43. The van der Waals surface area contributed by atoms with E-state index < -0.39 is 0 Å². The SMILES string of the molecule is CC(NNC(=O)c1ccc(O)c(C#N)c1)c1cccc2c(CN3CCN(CC4=CC=C(Cl)CC4)CC3)cccc12. The number of hydrogen-bond donors (Lipinski definition) is 3. The second kappa shape index (κ2) is 12.7. The van der Waals surface area contributed by atoms with Crippen molar-refractivity contribution in [2.24, 2.45) is 0 Å². The molecular formula is C32H34ClN5O2. The van der Waals surface area contributed by atoms with Gasteiger partial charge in [0.05, 0.1) is 5.56 Å². The second-order valence-corrected chi connectivity index (χ2v) is 11.0. The Labute approximate surface area is 240 Å². The van der Waals surface area contributed by atoms with Crippen molar-refractivity contribution in [2.75, 3.05) is 32.7 Å². The fourth-order valence-corrected chi connectivity index (χ4v) is 5.58. The number of nitrogens with one attached hydrogen (secondary N) is 2. The molecule has 1 unspecified atom stereocenters. The van der Waals surface area contributed by atoms with Crippen molar-refractivity contribution in [2.45, 2.75) is 32.4 Å². The van der Waals surface area contributed by atoms with Crippen LogP contribution in [0.1, 0.15) is 52.9 Å². The fraction of sp³-hybridized carbons (Fsp3) is 0.312. The summed E-state index contributed by atoms with van der Waals surface area (Å²) in [5.74, 6) is -0.516. The number of benzene rings is 3. The molecule has 1 fully saturated rings. The number of phenolic OH excluding ortho intramolecular Hbond substituents is 1. The van der Waals surface area contributed by atoms with Crippen LogP contribution in [0, 0.1) is 11.3 Å². The first-order valence-corrected chi connectivity index (χ1v) is 14.1. The first-order chi connectivity index (χ1) is 19.4. The number of piperazine rings is 1. The lowest BCUT2D eigenvalue weighted by Gasteiger charge is -2.35. The number of halogens is 1. The maximum Gasteiger partial charge on any atom is 0.265 e. The summed E-state index contributed by atoms with van der Waals surface area (Å²) in [7, 11) is 0. The number of nitriles is 1. The Balaban J connectivity index is 1.21. The molecule has 7 nitrogen and oxygen atoms in total. The molecule has 2 aliphatic rings. The summed E-state index contributed by atoms with van der Waals surface area (Å²) >= 11 is 6.11. The van der Waals surface area contributed by atoms with Gasteiger partial charge < -0.3 is 5.11 Å². The normalized spacial score (nSPS) is 17.1. The molecule has 0 spiro atoms. The summed E-state index contributed by atoms with van der Waals surface area (Å²) in [5.41, 5.74) is 10.1. The van der Waals surface area contributed by atoms with E-state index in [2.05, 4.69) is 63.1 Å². The summed E-state index contributed by atoms with van der Waals surface area (Å²) in [6.45, 7) is 8.12. The van der Waals surface area contributed by atoms with E-state index in [-0.39, 0.29) is 23.3 Å². The van der Waals surface area contributed by atoms with Crippen molar-refractivity contribution in [1.82, 2.24) is 20.7 Å². The lowest BCUT2D eigenvalue weighted by atomic mass is 9.96. The largest absolute Gasteiger partial charge is 0.507 e. The Morgan fingerprint density at radius 2 is 1.73 bits per heavy atom. The quantitative estimate of drug-likeness (QED) is 0.324. The highest BCUT2D eigenvalue weighted by Crippen LogP contribution is 2.28. The molecule has 1 atom stereocenters. The predicted octanol–water partition coefficient (Wildman–Crippen LogP) is 5.37. The van der Waals surface area contributed by atoms with E-state index in [0.717, 1.165) is 68.1 Å². The molecule has 8 heteroatoms. The lowest BCUT2D eigenvalue weighted by Crippen LogP contribution is -2.46. The number of carbonyl (C=O) groups excluding carboxylic acids is 1. The number of nitrogens with zero attached hydrogens (tertiary/aromatic N) is 3. The van der Waals surface area contributed by atoms with E-state index >= 15 is 0 Å². The van der Waals surface area contributed by atoms with Crippen molar-refractivity contribution in [3.05, 3.63) is 99.6 Å². The van der Waals surface area contributed by atoms with Gasteiger partial charge in [-0.25, -0.2) is 5.43 Å². The number of carbonyl (C=O) groups is 1. The molecular weight excluding hydrogens is 522 g/mol. The van der Waals surface area contributed by atoms with Gasteiger partial charge in [0.1, 0.15) is 11.8 Å². The summed E-state index contributed by atoms with van der Waals surface area (Å²) in [6, 6.07) is 18.7. The highest BCUT2D eigenvalue weighted by atomic mass is 35.5. The number of rotatable bonds is 8. The molecule has 5 rings (SSSR count). The molecule has 0 bridgehead atoms. The monoisotopic (exact) mass is 555 g/mol. The van der Waals surface area contributed by atoms with Crippen LogP contribution in [0.4, 0.5) is 0 Å². The minimum atomic E-state index is -0.372. The Morgan fingerprint density at radius 1 is 1.00 bits per heavy atom. The van der Waals surface area contributed by atoms with Crippen LogP contribution in [-0.2, 0) is 6.54 Å². The molecule has 1 amide bonds. The van der Waals surface area contributed by atoms with Crippen molar-refractivity contribution < 1.29 is 9.90 Å². The molecule has 3 N–H and O–H groups in total. The Hall–Kier alpha value is -3.67. The Bertz CT molecular complexity index is 1500. The summed E-state index contributed by atoms with van der Waals surface area (Å²) in [6.07, 6.45) is 6.24. The zero-order chi connectivity index (χ0) is 28.1. The number of hydrogen-bond acceptors (Lipinski definition) is 6. The van der Waals surface area contributed by atoms with Crippen molar-refractivity contribution in [3.63, 3.8) is 0 Å². The van der Waals surface area contributed by atoms with Crippen LogP contribution in [0.3, 0.4) is 0 Å². The maximum absolute atomic E-state index is 12.7. The van der Waals surface area contributed by atoms with Crippen LogP contribution in [0.5, 0.6) is 5.75 Å². The van der Waals surface area contributed by atoms with Gasteiger partial charge in [0.2, 0.25) is 0 Å². The third-order valence-corrected chi connectivity index (χ3v) is 8.08. The number of hydrazine groups is 1. The van der Waals surface area contributed by atoms with Crippen LogP contribution in [0.15, 0.2) is 77.4 Å². The summed E-state index contributed by atoms with van der Waals surface area (Å²) in [5, 5.41) is 22.2. The van der Waals surface area contributed by atoms with Gasteiger partial charge in [-0.3, -0.25) is 20.0 Å². The first-order valence-electron chi connectivity index (χ1n) is 13.7. The highest BCUT2D eigenvalue weighted by Gasteiger charge is 2.20. The van der Waals surface area contributed by atoms with Gasteiger partial charge in [-0.15, -0.1) is 0 Å². The molecule has 206 valence electrons. The lowest BCUT2D eigenvalue weighted by molar-refractivity contribution is 0.0926. The molecule has 40 heavy (non-hydrogen) atoms. The molecule has 1 aliphatic heterocycles. The average molecular weight is 556 g/mol. The van der Waals surface area contributed by atoms with Crippen LogP contribution >= 0.6 is 11.6 Å². The van der Waals surface area contributed by atoms with E-state index in [4.69, 9.17) is 16.9 Å².